The fraction of sp³-hybridized carbons (Fsp3) is 0.476. The van der Waals surface area contributed by atoms with Crippen molar-refractivity contribution in [1.29, 1.82) is 0 Å². The Balaban J connectivity index is 1.51. The molecule has 8 heteroatoms. The zero-order chi connectivity index (χ0) is 19.8. The molecule has 0 saturated heterocycles. The van der Waals surface area contributed by atoms with Gasteiger partial charge in [0.05, 0.1) is 12.6 Å². The Morgan fingerprint density at radius 1 is 1.07 bits per heavy atom. The Bertz CT molecular complexity index is 1020. The normalized spacial score (nSPS) is 18.8. The van der Waals surface area contributed by atoms with Gasteiger partial charge < -0.3 is 9.47 Å². The summed E-state index contributed by atoms with van der Waals surface area (Å²) in [6.45, 7) is 3.95. The van der Waals surface area contributed by atoms with Gasteiger partial charge in [0.2, 0.25) is 5.82 Å². The fourth-order valence-corrected chi connectivity index (χ4v) is 4.43. The van der Waals surface area contributed by atoms with E-state index in [0.29, 0.717) is 25.3 Å². The molecule has 5 rings (SSSR count). The van der Waals surface area contributed by atoms with E-state index in [-0.39, 0.29) is 11.9 Å². The molecule has 0 saturated carbocycles. The first kappa shape index (κ1) is 18.0. The molecule has 0 spiro atoms. The summed E-state index contributed by atoms with van der Waals surface area (Å²) in [6.07, 6.45) is 4.92. The molecular formula is C21H25N7O. The minimum atomic E-state index is -0.168. The lowest BCUT2D eigenvalue weighted by Crippen LogP contribution is -2.44. The van der Waals surface area contributed by atoms with Gasteiger partial charge in [0.15, 0.2) is 0 Å². The van der Waals surface area contributed by atoms with Crippen LogP contribution >= 0.6 is 0 Å². The van der Waals surface area contributed by atoms with Crippen molar-refractivity contribution in [2.24, 2.45) is 0 Å². The monoisotopic (exact) mass is 391 g/mol. The largest absolute Gasteiger partial charge is 0.323 e. The van der Waals surface area contributed by atoms with Crippen LogP contribution in [0.5, 0.6) is 0 Å². The summed E-state index contributed by atoms with van der Waals surface area (Å²) >= 11 is 0. The number of aryl methyl sites for hydroxylation is 2. The summed E-state index contributed by atoms with van der Waals surface area (Å²) in [4.78, 5) is 20.2. The van der Waals surface area contributed by atoms with Crippen LogP contribution in [0.2, 0.25) is 0 Å². The molecule has 1 aromatic carbocycles. The molecule has 2 aliphatic heterocycles. The third-order valence-corrected chi connectivity index (χ3v) is 5.87. The first-order valence-electron chi connectivity index (χ1n) is 10.4. The molecule has 3 aromatic rings. The number of aromatic nitrogens is 6. The van der Waals surface area contributed by atoms with E-state index in [9.17, 15) is 4.79 Å². The van der Waals surface area contributed by atoms with Crippen LogP contribution in [0.1, 0.15) is 59.0 Å². The standard InChI is InChI=1S/C21H25N7O/c1-15-22-19-17(14-16-8-4-2-5-9-16)26(12-13-28(19)25-15)21(29)20-24-23-18-10-6-3-7-11-27(18)20/h2,4-5,8-9,17H,3,6-7,10-14H2,1H3/t17-/m0/s1. The highest BCUT2D eigenvalue weighted by Crippen LogP contribution is 2.29. The van der Waals surface area contributed by atoms with Crippen LogP contribution in [0.3, 0.4) is 0 Å². The molecule has 1 atom stereocenters. The second kappa shape index (κ2) is 7.42. The molecule has 29 heavy (non-hydrogen) atoms. The molecule has 0 unspecified atom stereocenters. The minimum Gasteiger partial charge on any atom is -0.323 e. The number of fused-ring (bicyclic) bond motifs is 2. The van der Waals surface area contributed by atoms with Crippen molar-refractivity contribution >= 4 is 5.91 Å². The summed E-state index contributed by atoms with van der Waals surface area (Å²) in [7, 11) is 0. The van der Waals surface area contributed by atoms with Crippen LogP contribution in [0, 0.1) is 6.92 Å². The Labute approximate surface area is 169 Å². The third kappa shape index (κ3) is 3.32. The maximum Gasteiger partial charge on any atom is 0.292 e. The number of rotatable bonds is 3. The lowest BCUT2D eigenvalue weighted by molar-refractivity contribution is 0.0589. The molecule has 0 radical (unpaired) electrons. The van der Waals surface area contributed by atoms with Crippen LogP contribution in [-0.2, 0) is 25.9 Å². The molecule has 8 nitrogen and oxygen atoms in total. The molecule has 2 aromatic heterocycles. The summed E-state index contributed by atoms with van der Waals surface area (Å²) in [6, 6.07) is 10.1. The van der Waals surface area contributed by atoms with Crippen LogP contribution in [-0.4, -0.2) is 46.9 Å². The lowest BCUT2D eigenvalue weighted by Gasteiger charge is -2.35. The van der Waals surface area contributed by atoms with Crippen LogP contribution in [0.4, 0.5) is 0 Å². The van der Waals surface area contributed by atoms with Crippen LogP contribution in [0.25, 0.3) is 0 Å². The van der Waals surface area contributed by atoms with E-state index in [0.717, 1.165) is 43.3 Å². The van der Waals surface area contributed by atoms with Crippen molar-refractivity contribution < 1.29 is 4.79 Å². The Hall–Kier alpha value is -3.03. The molecule has 0 aliphatic carbocycles. The molecular weight excluding hydrogens is 366 g/mol. The van der Waals surface area contributed by atoms with Gasteiger partial charge >= 0.3 is 0 Å². The fourth-order valence-electron chi connectivity index (χ4n) is 4.43. The summed E-state index contributed by atoms with van der Waals surface area (Å²) in [5.41, 5.74) is 1.17. The second-order valence-electron chi connectivity index (χ2n) is 7.85. The van der Waals surface area contributed by atoms with Crippen molar-refractivity contribution in [1.82, 2.24) is 34.4 Å². The topological polar surface area (TPSA) is 81.7 Å². The Kier molecular flexibility index (Phi) is 4.61. The number of hydrogen-bond donors (Lipinski definition) is 0. The highest BCUT2D eigenvalue weighted by atomic mass is 16.2. The highest BCUT2D eigenvalue weighted by molar-refractivity contribution is 5.91. The van der Waals surface area contributed by atoms with E-state index >= 15 is 0 Å². The smallest absolute Gasteiger partial charge is 0.292 e. The molecule has 0 fully saturated rings. The first-order chi connectivity index (χ1) is 14.2. The first-order valence-corrected chi connectivity index (χ1v) is 10.4. The van der Waals surface area contributed by atoms with Crippen molar-refractivity contribution in [3.63, 3.8) is 0 Å². The van der Waals surface area contributed by atoms with Gasteiger partial charge in [0.1, 0.15) is 17.5 Å². The van der Waals surface area contributed by atoms with Gasteiger partial charge in [0.25, 0.3) is 5.91 Å². The van der Waals surface area contributed by atoms with Crippen LogP contribution in [0.15, 0.2) is 30.3 Å². The van der Waals surface area contributed by atoms with Crippen molar-refractivity contribution in [2.75, 3.05) is 6.54 Å². The number of benzene rings is 1. The Morgan fingerprint density at radius 2 is 1.93 bits per heavy atom. The summed E-state index contributed by atoms with van der Waals surface area (Å²) < 4.78 is 3.97. The van der Waals surface area contributed by atoms with E-state index in [1.54, 1.807) is 0 Å². The minimum absolute atomic E-state index is 0.0570. The van der Waals surface area contributed by atoms with Gasteiger partial charge in [-0.1, -0.05) is 36.8 Å². The van der Waals surface area contributed by atoms with E-state index < -0.39 is 0 Å². The maximum absolute atomic E-state index is 13.6. The second-order valence-corrected chi connectivity index (χ2v) is 7.85. The molecule has 0 bridgehead atoms. The molecule has 2 aliphatic rings. The van der Waals surface area contributed by atoms with Gasteiger partial charge in [0, 0.05) is 25.9 Å². The van der Waals surface area contributed by atoms with Crippen LogP contribution < -0.4 is 0 Å². The van der Waals surface area contributed by atoms with Gasteiger partial charge in [-0.3, -0.25) is 4.79 Å². The SMILES string of the molecule is Cc1nc2n(n1)CCN(C(=O)c1nnc3n1CCCCC3)[C@H]2Cc1ccccc1. The maximum atomic E-state index is 13.6. The summed E-state index contributed by atoms with van der Waals surface area (Å²) in [5, 5.41) is 13.1. The number of carbonyl (C=O) groups excluding carboxylic acids is 1. The average Bonchev–Trinajstić information content (AvgIpc) is 3.23. The number of carbonyl (C=O) groups is 1. The number of hydrogen-bond acceptors (Lipinski definition) is 5. The quantitative estimate of drug-likeness (QED) is 0.684. The van der Waals surface area contributed by atoms with Gasteiger partial charge in [-0.05, 0) is 25.3 Å². The molecule has 1 amide bonds. The predicted octanol–water partition coefficient (Wildman–Crippen LogP) is 2.34. The summed E-state index contributed by atoms with van der Waals surface area (Å²) in [5.74, 6) is 2.93. The third-order valence-electron chi connectivity index (χ3n) is 5.87. The van der Waals surface area contributed by atoms with Gasteiger partial charge in [-0.25, -0.2) is 9.67 Å². The number of nitrogens with zero attached hydrogens (tertiary/aromatic N) is 7. The van der Waals surface area contributed by atoms with Gasteiger partial charge in [-0.2, -0.15) is 5.10 Å². The lowest BCUT2D eigenvalue weighted by atomic mass is 10.0. The molecule has 0 N–H and O–H groups in total. The highest BCUT2D eigenvalue weighted by Gasteiger charge is 2.36. The molecule has 150 valence electrons. The zero-order valence-electron chi connectivity index (χ0n) is 16.7. The average molecular weight is 391 g/mol. The van der Waals surface area contributed by atoms with E-state index in [4.69, 9.17) is 0 Å². The predicted molar refractivity (Wildman–Crippen MR) is 106 cm³/mol. The number of amides is 1. The van der Waals surface area contributed by atoms with E-state index in [1.165, 1.54) is 12.0 Å². The van der Waals surface area contributed by atoms with Gasteiger partial charge in [-0.15, -0.1) is 10.2 Å². The zero-order valence-corrected chi connectivity index (χ0v) is 16.7. The van der Waals surface area contributed by atoms with Crippen molar-refractivity contribution in [2.45, 2.75) is 58.2 Å². The van der Waals surface area contributed by atoms with E-state index in [1.807, 2.05) is 39.3 Å². The molecule has 4 heterocycles. The Morgan fingerprint density at radius 3 is 2.79 bits per heavy atom. The van der Waals surface area contributed by atoms with E-state index in [2.05, 4.69) is 32.4 Å². The van der Waals surface area contributed by atoms with Crippen molar-refractivity contribution in [3.8, 4) is 0 Å². The van der Waals surface area contributed by atoms with Crippen molar-refractivity contribution in [3.05, 3.63) is 59.2 Å².